The lowest BCUT2D eigenvalue weighted by Gasteiger charge is -2.23. The molecule has 6 rings (SSSR count). The predicted molar refractivity (Wildman–Crippen MR) is 194 cm³/mol. The van der Waals surface area contributed by atoms with Crippen LogP contribution in [-0.2, 0) is 16.1 Å². The molecule has 1 aromatic heterocycles. The summed E-state index contributed by atoms with van der Waals surface area (Å²) in [6, 6.07) is 22.9. The summed E-state index contributed by atoms with van der Waals surface area (Å²) >= 11 is 3.45. The minimum atomic E-state index is -0.786. The summed E-state index contributed by atoms with van der Waals surface area (Å²) in [5, 5.41) is 2.32. The predicted octanol–water partition coefficient (Wildman–Crippen LogP) is 6.16. The topological polar surface area (TPSA) is 97.6 Å². The molecular weight excluding hydrogens is 743 g/mol. The van der Waals surface area contributed by atoms with E-state index in [-0.39, 0.29) is 11.1 Å². The summed E-state index contributed by atoms with van der Waals surface area (Å²) < 4.78 is 31.5. The summed E-state index contributed by atoms with van der Waals surface area (Å²) in [6.07, 6.45) is 3.26. The standard InChI is InChI=1S/C37H33IN2O7S/c1-5-45-29-14-13-26(19-30(29)46-6-2)33-27(36(42)44-4)20-39-37-40(33)35(41)32(48-37)18-23-16-28(38)34(31(17-23)43-3)47-21-22-11-12-24-9-7-8-10-25(24)15-22/h7-20,33H,5-6,21H2,1-4H3/b32-18-/t33-/m0/s1. The van der Waals surface area contributed by atoms with Gasteiger partial charge in [-0.1, -0.05) is 53.8 Å². The molecule has 4 aromatic carbocycles. The summed E-state index contributed by atoms with van der Waals surface area (Å²) in [5.74, 6) is 1.68. The number of esters is 1. The highest BCUT2D eigenvalue weighted by Crippen LogP contribution is 2.36. The molecule has 0 aliphatic carbocycles. The molecule has 0 bridgehead atoms. The molecule has 0 saturated carbocycles. The maximum Gasteiger partial charge on any atom is 0.337 e. The molecule has 0 N–H and O–H groups in total. The Balaban J connectivity index is 1.36. The third kappa shape index (κ3) is 6.70. The Hall–Kier alpha value is -4.62. The van der Waals surface area contributed by atoms with Gasteiger partial charge < -0.3 is 23.7 Å². The molecule has 1 atom stereocenters. The van der Waals surface area contributed by atoms with Crippen molar-refractivity contribution in [1.29, 1.82) is 0 Å². The van der Waals surface area contributed by atoms with E-state index in [9.17, 15) is 9.59 Å². The van der Waals surface area contributed by atoms with Gasteiger partial charge in [0.15, 0.2) is 27.8 Å². The summed E-state index contributed by atoms with van der Waals surface area (Å²) in [6.45, 7) is 5.02. The fraction of sp³-hybridized carbons (Fsp3) is 0.216. The number of thiazole rings is 1. The van der Waals surface area contributed by atoms with Crippen molar-refractivity contribution in [3.05, 3.63) is 125 Å². The van der Waals surface area contributed by atoms with Crippen LogP contribution in [0.2, 0.25) is 0 Å². The van der Waals surface area contributed by atoms with Crippen molar-refractivity contribution < 1.29 is 28.5 Å². The van der Waals surface area contributed by atoms with Crippen molar-refractivity contribution in [3.8, 4) is 23.0 Å². The van der Waals surface area contributed by atoms with Crippen LogP contribution in [0.15, 0.2) is 94.4 Å². The van der Waals surface area contributed by atoms with E-state index in [4.69, 9.17) is 23.7 Å². The molecule has 0 spiro atoms. The summed E-state index contributed by atoms with van der Waals surface area (Å²) in [5.41, 5.74) is 2.38. The molecule has 2 heterocycles. The van der Waals surface area contributed by atoms with E-state index in [0.29, 0.717) is 57.7 Å². The lowest BCUT2D eigenvalue weighted by molar-refractivity contribution is -0.136. The Morgan fingerprint density at radius 1 is 0.917 bits per heavy atom. The second kappa shape index (κ2) is 14.7. The van der Waals surface area contributed by atoms with Crippen LogP contribution in [0.1, 0.15) is 36.6 Å². The Labute approximate surface area is 294 Å². The van der Waals surface area contributed by atoms with Gasteiger partial charge >= 0.3 is 5.97 Å². The van der Waals surface area contributed by atoms with Crippen molar-refractivity contribution in [2.45, 2.75) is 26.5 Å². The van der Waals surface area contributed by atoms with E-state index >= 15 is 0 Å². The molecule has 0 unspecified atom stereocenters. The van der Waals surface area contributed by atoms with E-state index in [0.717, 1.165) is 20.1 Å². The van der Waals surface area contributed by atoms with Crippen molar-refractivity contribution >= 4 is 56.7 Å². The van der Waals surface area contributed by atoms with E-state index < -0.39 is 12.0 Å². The highest BCUT2D eigenvalue weighted by Gasteiger charge is 2.31. The maximum atomic E-state index is 14.1. The zero-order chi connectivity index (χ0) is 33.8. The molecule has 5 aromatic rings. The number of benzene rings is 4. The first-order valence-corrected chi connectivity index (χ1v) is 17.2. The number of methoxy groups -OCH3 is 2. The van der Waals surface area contributed by atoms with Gasteiger partial charge in [-0.05, 0) is 100 Å². The van der Waals surface area contributed by atoms with Crippen molar-refractivity contribution in [1.82, 2.24) is 4.57 Å². The number of carbonyl (C=O) groups excluding carboxylic acids is 1. The van der Waals surface area contributed by atoms with Crippen LogP contribution in [0.25, 0.3) is 16.8 Å². The van der Waals surface area contributed by atoms with Crippen molar-refractivity contribution in [2.75, 3.05) is 27.4 Å². The summed E-state index contributed by atoms with van der Waals surface area (Å²) in [7, 11) is 2.90. The lowest BCUT2D eigenvalue weighted by atomic mass is 9.97. The van der Waals surface area contributed by atoms with Gasteiger partial charge in [-0.15, -0.1) is 0 Å². The Morgan fingerprint density at radius 2 is 1.69 bits per heavy atom. The van der Waals surface area contributed by atoms with Gasteiger partial charge in [0.25, 0.3) is 5.56 Å². The Bertz CT molecular complexity index is 2220. The van der Waals surface area contributed by atoms with Crippen molar-refractivity contribution in [3.63, 3.8) is 0 Å². The van der Waals surface area contributed by atoms with Crippen LogP contribution in [0.4, 0.5) is 0 Å². The number of carbonyl (C=O) groups is 1. The fourth-order valence-corrected chi connectivity index (χ4v) is 7.34. The molecule has 0 saturated heterocycles. The first-order valence-electron chi connectivity index (χ1n) is 15.3. The highest BCUT2D eigenvalue weighted by molar-refractivity contribution is 14.1. The number of rotatable bonds is 11. The first kappa shape index (κ1) is 33.3. The van der Waals surface area contributed by atoms with E-state index in [2.05, 4.69) is 57.9 Å². The third-order valence-electron chi connectivity index (χ3n) is 7.75. The second-order valence-electron chi connectivity index (χ2n) is 10.8. The SMILES string of the molecule is CCOc1ccc([C@H]2C(C(=O)OC)=CN=c3s/c(=C\c4cc(I)c(OCc5ccc6ccccc6c5)c(OC)c4)c(=O)n32)cc1OCC. The van der Waals surface area contributed by atoms with Gasteiger partial charge in [-0.25, -0.2) is 9.79 Å². The van der Waals surface area contributed by atoms with Gasteiger partial charge in [-0.2, -0.15) is 0 Å². The minimum Gasteiger partial charge on any atom is -0.493 e. The quantitative estimate of drug-likeness (QED) is 0.117. The average Bonchev–Trinajstić information content (AvgIpc) is 3.41. The molecule has 9 nitrogen and oxygen atoms in total. The molecule has 0 fully saturated rings. The van der Waals surface area contributed by atoms with Gasteiger partial charge in [-0.3, -0.25) is 9.36 Å². The summed E-state index contributed by atoms with van der Waals surface area (Å²) in [4.78, 5) is 32.0. The normalized spacial score (nSPS) is 14.1. The van der Waals surface area contributed by atoms with E-state index in [1.807, 2.05) is 44.2 Å². The molecule has 1 aliphatic heterocycles. The third-order valence-corrected chi connectivity index (χ3v) is 9.55. The number of nitrogens with zero attached hydrogens (tertiary/aromatic N) is 2. The number of hydrogen-bond acceptors (Lipinski definition) is 9. The lowest BCUT2D eigenvalue weighted by Crippen LogP contribution is -2.39. The van der Waals surface area contributed by atoms with Gasteiger partial charge in [0.05, 0.1) is 47.2 Å². The van der Waals surface area contributed by atoms with Crippen LogP contribution < -0.4 is 33.8 Å². The number of ether oxygens (including phenoxy) is 5. The van der Waals surface area contributed by atoms with Gasteiger partial charge in [0.2, 0.25) is 0 Å². The smallest absolute Gasteiger partial charge is 0.337 e. The average molecular weight is 777 g/mol. The van der Waals surface area contributed by atoms with E-state index in [1.165, 1.54) is 34.6 Å². The van der Waals surface area contributed by atoms with Crippen LogP contribution >= 0.6 is 33.9 Å². The number of halogens is 1. The van der Waals surface area contributed by atoms with Gasteiger partial charge in [0, 0.05) is 6.20 Å². The zero-order valence-corrected chi connectivity index (χ0v) is 29.8. The zero-order valence-electron chi connectivity index (χ0n) is 26.8. The number of fused-ring (bicyclic) bond motifs is 2. The minimum absolute atomic E-state index is 0.229. The number of hydrogen-bond donors (Lipinski definition) is 0. The van der Waals surface area contributed by atoms with Crippen LogP contribution in [0, 0.1) is 3.57 Å². The maximum absolute atomic E-state index is 14.1. The van der Waals surface area contributed by atoms with Crippen LogP contribution in [0.3, 0.4) is 0 Å². The molecule has 0 radical (unpaired) electrons. The van der Waals surface area contributed by atoms with Crippen LogP contribution in [0.5, 0.6) is 23.0 Å². The fourth-order valence-electron chi connectivity index (χ4n) is 5.59. The van der Waals surface area contributed by atoms with Crippen LogP contribution in [-0.4, -0.2) is 38.0 Å². The van der Waals surface area contributed by atoms with E-state index in [1.54, 1.807) is 25.3 Å². The second-order valence-corrected chi connectivity index (χ2v) is 12.9. The largest absolute Gasteiger partial charge is 0.493 e. The van der Waals surface area contributed by atoms with Gasteiger partial charge in [0.1, 0.15) is 6.61 Å². The molecule has 246 valence electrons. The Kier molecular flexibility index (Phi) is 10.2. The molecular formula is C37H33IN2O7S. The first-order chi connectivity index (χ1) is 23.3. The molecule has 1 aliphatic rings. The van der Waals surface area contributed by atoms with Crippen molar-refractivity contribution in [2.24, 2.45) is 4.99 Å². The monoisotopic (exact) mass is 776 g/mol. The molecule has 0 amide bonds. The highest BCUT2D eigenvalue weighted by atomic mass is 127. The Morgan fingerprint density at radius 3 is 2.44 bits per heavy atom. The molecule has 48 heavy (non-hydrogen) atoms. The molecule has 11 heteroatoms. The number of aromatic nitrogens is 1.